The van der Waals surface area contributed by atoms with E-state index in [0.29, 0.717) is 53.3 Å². The summed E-state index contributed by atoms with van der Waals surface area (Å²) < 4.78 is 17.5. The fourth-order valence-corrected chi connectivity index (χ4v) is 3.96. The summed E-state index contributed by atoms with van der Waals surface area (Å²) in [7, 11) is 0. The Morgan fingerprint density at radius 3 is 2.35 bits per heavy atom. The molecule has 0 atom stereocenters. The number of halogens is 1. The number of amides is 1. The number of nitriles is 1. The van der Waals surface area contributed by atoms with Gasteiger partial charge in [-0.1, -0.05) is 65.7 Å². The zero-order valence-corrected chi connectivity index (χ0v) is 23.1. The Hall–Kier alpha value is -4.73. The fraction of sp³-hybridized carbons (Fsp3) is 0.152. The molecule has 0 fully saturated rings. The molecule has 0 radical (unpaired) electrons. The number of hydrogen-bond acceptors (Lipinski definition) is 5. The lowest BCUT2D eigenvalue weighted by Gasteiger charge is -2.13. The Kier molecular flexibility index (Phi) is 9.82. The quantitative estimate of drug-likeness (QED) is 0.152. The number of rotatable bonds is 11. The van der Waals surface area contributed by atoms with Gasteiger partial charge in [-0.15, -0.1) is 0 Å². The van der Waals surface area contributed by atoms with Crippen LogP contribution >= 0.6 is 11.6 Å². The maximum absolute atomic E-state index is 12.8. The summed E-state index contributed by atoms with van der Waals surface area (Å²) >= 11 is 6.18. The molecule has 4 aromatic carbocycles. The van der Waals surface area contributed by atoms with E-state index in [-0.39, 0.29) is 5.57 Å². The second-order valence-corrected chi connectivity index (χ2v) is 9.35. The molecule has 1 N–H and O–H groups in total. The number of carbonyl (C=O) groups excluding carboxylic acids is 1. The number of nitrogens with one attached hydrogen (secondary N) is 1. The third-order valence-electron chi connectivity index (χ3n) is 5.92. The van der Waals surface area contributed by atoms with E-state index >= 15 is 0 Å². The summed E-state index contributed by atoms with van der Waals surface area (Å²) in [5, 5.41) is 13.1. The first kappa shape index (κ1) is 28.3. The molecule has 0 aromatic heterocycles. The van der Waals surface area contributed by atoms with E-state index in [4.69, 9.17) is 25.8 Å². The van der Waals surface area contributed by atoms with Gasteiger partial charge in [0.25, 0.3) is 5.91 Å². The number of benzene rings is 4. The molecule has 0 spiro atoms. The average molecular weight is 553 g/mol. The van der Waals surface area contributed by atoms with Crippen LogP contribution in [-0.2, 0) is 18.0 Å². The molecule has 6 nitrogen and oxygen atoms in total. The van der Waals surface area contributed by atoms with E-state index in [9.17, 15) is 10.1 Å². The summed E-state index contributed by atoms with van der Waals surface area (Å²) in [4.78, 5) is 12.8. The number of aryl methyl sites for hydroxylation is 1. The van der Waals surface area contributed by atoms with E-state index in [1.54, 1.807) is 42.5 Å². The predicted octanol–water partition coefficient (Wildman–Crippen LogP) is 7.75. The molecule has 0 bridgehead atoms. The van der Waals surface area contributed by atoms with E-state index in [1.807, 2.05) is 68.4 Å². The van der Waals surface area contributed by atoms with Crippen LogP contribution < -0.4 is 19.5 Å². The third kappa shape index (κ3) is 7.89. The van der Waals surface area contributed by atoms with Crippen LogP contribution in [0.3, 0.4) is 0 Å². The highest BCUT2D eigenvalue weighted by molar-refractivity contribution is 6.31. The lowest BCUT2D eigenvalue weighted by atomic mass is 10.1. The average Bonchev–Trinajstić information content (AvgIpc) is 2.97. The minimum absolute atomic E-state index is 0.0465. The van der Waals surface area contributed by atoms with Crippen molar-refractivity contribution in [1.82, 2.24) is 0 Å². The van der Waals surface area contributed by atoms with Gasteiger partial charge in [0.1, 0.15) is 30.6 Å². The van der Waals surface area contributed by atoms with E-state index in [0.717, 1.165) is 11.1 Å². The molecule has 4 aromatic rings. The van der Waals surface area contributed by atoms with Gasteiger partial charge in [0.2, 0.25) is 0 Å². The highest BCUT2D eigenvalue weighted by atomic mass is 35.5. The van der Waals surface area contributed by atoms with E-state index in [2.05, 4.69) is 5.32 Å². The van der Waals surface area contributed by atoms with Crippen molar-refractivity contribution in [1.29, 1.82) is 5.26 Å². The van der Waals surface area contributed by atoms with Crippen molar-refractivity contribution in [3.63, 3.8) is 0 Å². The minimum atomic E-state index is -0.523. The SMILES string of the molecule is CCOc1cc(/C=C(\C#N)C(=O)Nc2ccc(OCc3ccccc3Cl)cc2)ccc1OCc1ccc(C)cc1. The first-order valence-corrected chi connectivity index (χ1v) is 13.2. The van der Waals surface area contributed by atoms with Gasteiger partial charge < -0.3 is 19.5 Å². The standard InChI is InChI=1S/C33H29ClN2O4/c1-3-38-32-19-25(12-17-31(32)40-21-24-10-8-23(2)9-11-24)18-27(20-35)33(37)36-28-13-15-29(16-14-28)39-22-26-6-4-5-7-30(26)34/h4-19H,3,21-22H2,1-2H3,(H,36,37)/b27-18+. The molecule has 0 unspecified atom stereocenters. The van der Waals surface area contributed by atoms with Crippen LogP contribution in [0.15, 0.2) is 96.6 Å². The number of nitrogens with zero attached hydrogens (tertiary/aromatic N) is 1. The van der Waals surface area contributed by atoms with Crippen molar-refractivity contribution in [3.8, 4) is 23.3 Å². The molecule has 0 aliphatic carbocycles. The smallest absolute Gasteiger partial charge is 0.266 e. The maximum atomic E-state index is 12.8. The Morgan fingerprint density at radius 1 is 0.900 bits per heavy atom. The van der Waals surface area contributed by atoms with Crippen LogP contribution in [0.4, 0.5) is 5.69 Å². The molecular weight excluding hydrogens is 524 g/mol. The van der Waals surface area contributed by atoms with Gasteiger partial charge in [0.05, 0.1) is 6.61 Å². The van der Waals surface area contributed by atoms with Gasteiger partial charge in [-0.25, -0.2) is 0 Å². The normalized spacial score (nSPS) is 10.9. The fourth-order valence-electron chi connectivity index (χ4n) is 3.77. The summed E-state index contributed by atoms with van der Waals surface area (Å²) in [6.07, 6.45) is 1.52. The van der Waals surface area contributed by atoms with Gasteiger partial charge >= 0.3 is 0 Å². The van der Waals surface area contributed by atoms with Crippen LogP contribution in [0, 0.1) is 18.3 Å². The van der Waals surface area contributed by atoms with E-state index in [1.165, 1.54) is 11.6 Å². The molecule has 202 valence electrons. The van der Waals surface area contributed by atoms with Crippen LogP contribution in [0.1, 0.15) is 29.2 Å². The Morgan fingerprint density at radius 2 is 1.65 bits per heavy atom. The van der Waals surface area contributed by atoms with Crippen molar-refractivity contribution >= 4 is 29.3 Å². The van der Waals surface area contributed by atoms with Crippen molar-refractivity contribution in [2.75, 3.05) is 11.9 Å². The summed E-state index contributed by atoms with van der Waals surface area (Å²) in [6.45, 7) is 5.08. The van der Waals surface area contributed by atoms with Gasteiger partial charge in [-0.2, -0.15) is 5.26 Å². The number of hydrogen-bond donors (Lipinski definition) is 1. The molecule has 0 saturated carbocycles. The molecule has 7 heteroatoms. The van der Waals surface area contributed by atoms with Gasteiger partial charge in [0.15, 0.2) is 11.5 Å². The van der Waals surface area contributed by atoms with Gasteiger partial charge in [0, 0.05) is 16.3 Å². The Balaban J connectivity index is 1.40. The second-order valence-electron chi connectivity index (χ2n) is 8.94. The number of ether oxygens (including phenoxy) is 3. The first-order valence-electron chi connectivity index (χ1n) is 12.8. The topological polar surface area (TPSA) is 80.6 Å². The van der Waals surface area contributed by atoms with Gasteiger partial charge in [-0.05, 0) is 73.5 Å². The lowest BCUT2D eigenvalue weighted by Crippen LogP contribution is -2.13. The summed E-state index contributed by atoms with van der Waals surface area (Å²) in [5.74, 6) is 1.22. The molecule has 4 rings (SSSR count). The first-order chi connectivity index (χ1) is 19.4. The Labute approximate surface area is 239 Å². The third-order valence-corrected chi connectivity index (χ3v) is 6.29. The molecule has 1 amide bonds. The predicted molar refractivity (Wildman–Crippen MR) is 158 cm³/mol. The molecule has 0 heterocycles. The molecule has 40 heavy (non-hydrogen) atoms. The molecular formula is C33H29ClN2O4. The summed E-state index contributed by atoms with van der Waals surface area (Å²) in [6, 6.07) is 29.8. The Bertz CT molecular complexity index is 1520. The molecule has 0 aliphatic heterocycles. The largest absolute Gasteiger partial charge is 0.490 e. The highest BCUT2D eigenvalue weighted by Gasteiger charge is 2.12. The molecule has 0 aliphatic rings. The summed E-state index contributed by atoms with van der Waals surface area (Å²) in [5.41, 5.74) is 4.23. The lowest BCUT2D eigenvalue weighted by molar-refractivity contribution is -0.112. The van der Waals surface area contributed by atoms with Crippen molar-refractivity contribution in [2.45, 2.75) is 27.1 Å². The number of carbonyl (C=O) groups is 1. The van der Waals surface area contributed by atoms with Crippen LogP contribution in [0.25, 0.3) is 6.08 Å². The van der Waals surface area contributed by atoms with Crippen molar-refractivity contribution < 1.29 is 19.0 Å². The van der Waals surface area contributed by atoms with Crippen molar-refractivity contribution in [2.24, 2.45) is 0 Å². The monoisotopic (exact) mass is 552 g/mol. The maximum Gasteiger partial charge on any atom is 0.266 e. The van der Waals surface area contributed by atoms with Crippen LogP contribution in [0.5, 0.6) is 17.2 Å². The minimum Gasteiger partial charge on any atom is -0.490 e. The van der Waals surface area contributed by atoms with Gasteiger partial charge in [-0.3, -0.25) is 4.79 Å². The zero-order valence-electron chi connectivity index (χ0n) is 22.3. The van der Waals surface area contributed by atoms with Crippen molar-refractivity contribution in [3.05, 3.63) is 124 Å². The second kappa shape index (κ2) is 13.9. The van der Waals surface area contributed by atoms with E-state index < -0.39 is 5.91 Å². The van der Waals surface area contributed by atoms with Crippen LogP contribution in [0.2, 0.25) is 5.02 Å². The highest BCUT2D eigenvalue weighted by Crippen LogP contribution is 2.30. The number of anilines is 1. The van der Waals surface area contributed by atoms with Crippen LogP contribution in [-0.4, -0.2) is 12.5 Å². The molecule has 0 saturated heterocycles. The zero-order chi connectivity index (χ0) is 28.3.